The van der Waals surface area contributed by atoms with Crippen LogP contribution in [0, 0.1) is 0 Å². The first-order valence-corrected chi connectivity index (χ1v) is 5.87. The highest BCUT2D eigenvalue weighted by atomic mass is 16.3. The lowest BCUT2D eigenvalue weighted by molar-refractivity contribution is 0.453. The molecule has 3 heteroatoms. The lowest BCUT2D eigenvalue weighted by atomic mass is 10.0. The minimum Gasteiger partial charge on any atom is -0.440 e. The van der Waals surface area contributed by atoms with Crippen LogP contribution in [0.25, 0.3) is 11.1 Å². The first kappa shape index (κ1) is 11.1. The Balaban J connectivity index is 2.43. The SMILES string of the molecule is CCC(CC)c1nc2ccc(CN)cc2o1. The van der Waals surface area contributed by atoms with Gasteiger partial charge < -0.3 is 10.2 Å². The van der Waals surface area contributed by atoms with Gasteiger partial charge in [0.2, 0.25) is 0 Å². The molecule has 2 aromatic rings. The minimum atomic E-state index is 0.425. The van der Waals surface area contributed by atoms with Crippen LogP contribution in [0.2, 0.25) is 0 Å². The summed E-state index contributed by atoms with van der Waals surface area (Å²) in [5.41, 5.74) is 8.46. The summed E-state index contributed by atoms with van der Waals surface area (Å²) in [6.45, 7) is 4.86. The van der Waals surface area contributed by atoms with E-state index in [2.05, 4.69) is 18.8 Å². The van der Waals surface area contributed by atoms with E-state index in [0.29, 0.717) is 12.5 Å². The molecule has 16 heavy (non-hydrogen) atoms. The predicted octanol–water partition coefficient (Wildman–Crippen LogP) is 3.19. The van der Waals surface area contributed by atoms with Gasteiger partial charge >= 0.3 is 0 Å². The van der Waals surface area contributed by atoms with Crippen LogP contribution >= 0.6 is 0 Å². The van der Waals surface area contributed by atoms with Crippen molar-refractivity contribution in [3.8, 4) is 0 Å². The normalized spacial score (nSPS) is 11.5. The lowest BCUT2D eigenvalue weighted by Gasteiger charge is -2.05. The van der Waals surface area contributed by atoms with Gasteiger partial charge in [0.25, 0.3) is 0 Å². The minimum absolute atomic E-state index is 0.425. The third kappa shape index (κ3) is 1.95. The topological polar surface area (TPSA) is 52.0 Å². The van der Waals surface area contributed by atoms with E-state index in [1.165, 1.54) is 0 Å². The summed E-state index contributed by atoms with van der Waals surface area (Å²) in [7, 11) is 0. The molecule has 0 aliphatic rings. The number of benzene rings is 1. The van der Waals surface area contributed by atoms with Crippen LogP contribution < -0.4 is 5.73 Å². The Hall–Kier alpha value is -1.35. The summed E-state index contributed by atoms with van der Waals surface area (Å²) in [6.07, 6.45) is 2.13. The Labute approximate surface area is 95.7 Å². The van der Waals surface area contributed by atoms with Gasteiger partial charge in [0.05, 0.1) is 0 Å². The Morgan fingerprint density at radius 1 is 1.31 bits per heavy atom. The fourth-order valence-corrected chi connectivity index (χ4v) is 1.93. The summed E-state index contributed by atoms with van der Waals surface area (Å²) in [4.78, 5) is 4.52. The summed E-state index contributed by atoms with van der Waals surface area (Å²) in [5.74, 6) is 1.28. The number of oxazole rings is 1. The monoisotopic (exact) mass is 218 g/mol. The highest BCUT2D eigenvalue weighted by Crippen LogP contribution is 2.26. The van der Waals surface area contributed by atoms with E-state index in [4.69, 9.17) is 10.2 Å². The van der Waals surface area contributed by atoms with E-state index >= 15 is 0 Å². The van der Waals surface area contributed by atoms with E-state index in [-0.39, 0.29) is 0 Å². The molecular weight excluding hydrogens is 200 g/mol. The maximum Gasteiger partial charge on any atom is 0.198 e. The molecule has 3 nitrogen and oxygen atoms in total. The van der Waals surface area contributed by atoms with Crippen molar-refractivity contribution in [1.29, 1.82) is 0 Å². The summed E-state index contributed by atoms with van der Waals surface area (Å²) in [6, 6.07) is 5.96. The van der Waals surface area contributed by atoms with E-state index in [1.54, 1.807) is 0 Å². The van der Waals surface area contributed by atoms with Crippen molar-refractivity contribution < 1.29 is 4.42 Å². The molecule has 1 heterocycles. The second kappa shape index (κ2) is 4.66. The van der Waals surface area contributed by atoms with E-state index in [9.17, 15) is 0 Å². The largest absolute Gasteiger partial charge is 0.440 e. The molecule has 2 rings (SSSR count). The van der Waals surface area contributed by atoms with Crippen LogP contribution in [0.5, 0.6) is 0 Å². The second-order valence-corrected chi connectivity index (χ2v) is 4.07. The van der Waals surface area contributed by atoms with Crippen molar-refractivity contribution in [3.05, 3.63) is 29.7 Å². The van der Waals surface area contributed by atoms with E-state index in [0.717, 1.165) is 35.4 Å². The summed E-state index contributed by atoms with van der Waals surface area (Å²) < 4.78 is 5.79. The molecule has 1 aromatic carbocycles. The first-order chi connectivity index (χ1) is 7.78. The predicted molar refractivity (Wildman–Crippen MR) is 65.2 cm³/mol. The number of fused-ring (bicyclic) bond motifs is 1. The molecule has 0 atom stereocenters. The molecule has 0 saturated carbocycles. The van der Waals surface area contributed by atoms with Gasteiger partial charge in [-0.1, -0.05) is 19.9 Å². The lowest BCUT2D eigenvalue weighted by Crippen LogP contribution is -1.94. The highest BCUT2D eigenvalue weighted by Gasteiger charge is 2.14. The first-order valence-electron chi connectivity index (χ1n) is 5.87. The van der Waals surface area contributed by atoms with Crippen molar-refractivity contribution in [1.82, 2.24) is 4.98 Å². The third-order valence-corrected chi connectivity index (χ3v) is 3.04. The van der Waals surface area contributed by atoms with Crippen LogP contribution in [0.3, 0.4) is 0 Å². The van der Waals surface area contributed by atoms with Gasteiger partial charge in [-0.25, -0.2) is 4.98 Å². The zero-order chi connectivity index (χ0) is 11.5. The Morgan fingerprint density at radius 3 is 2.69 bits per heavy atom. The molecule has 0 aliphatic heterocycles. The van der Waals surface area contributed by atoms with Crippen LogP contribution in [0.1, 0.15) is 44.1 Å². The summed E-state index contributed by atoms with van der Waals surface area (Å²) >= 11 is 0. The summed E-state index contributed by atoms with van der Waals surface area (Å²) in [5, 5.41) is 0. The zero-order valence-electron chi connectivity index (χ0n) is 9.86. The van der Waals surface area contributed by atoms with Crippen molar-refractivity contribution in [2.45, 2.75) is 39.2 Å². The Kier molecular flexibility index (Phi) is 3.25. The molecule has 0 amide bonds. The molecular formula is C13H18N2O. The molecule has 0 saturated heterocycles. The average molecular weight is 218 g/mol. The van der Waals surface area contributed by atoms with Crippen LogP contribution in [0.4, 0.5) is 0 Å². The van der Waals surface area contributed by atoms with E-state index in [1.807, 2.05) is 18.2 Å². The standard InChI is InChI=1S/C13H18N2O/c1-3-10(4-2)13-15-11-6-5-9(8-14)7-12(11)16-13/h5-7,10H,3-4,8,14H2,1-2H3. The van der Waals surface area contributed by atoms with Gasteiger partial charge in [-0.05, 0) is 30.5 Å². The number of nitrogens with two attached hydrogens (primary N) is 1. The van der Waals surface area contributed by atoms with Crippen molar-refractivity contribution in [2.75, 3.05) is 0 Å². The number of rotatable bonds is 4. The van der Waals surface area contributed by atoms with Gasteiger partial charge in [0.15, 0.2) is 11.5 Å². The Bertz CT molecular complexity index is 472. The average Bonchev–Trinajstić information content (AvgIpc) is 2.72. The molecule has 0 spiro atoms. The van der Waals surface area contributed by atoms with Gasteiger partial charge in [-0.3, -0.25) is 0 Å². The molecule has 0 unspecified atom stereocenters. The Morgan fingerprint density at radius 2 is 2.06 bits per heavy atom. The molecule has 1 aromatic heterocycles. The number of hydrogen-bond acceptors (Lipinski definition) is 3. The quantitative estimate of drug-likeness (QED) is 0.857. The van der Waals surface area contributed by atoms with Gasteiger partial charge in [-0.2, -0.15) is 0 Å². The maximum absolute atomic E-state index is 5.79. The second-order valence-electron chi connectivity index (χ2n) is 4.07. The molecule has 0 fully saturated rings. The van der Waals surface area contributed by atoms with Gasteiger partial charge in [0.1, 0.15) is 5.52 Å². The van der Waals surface area contributed by atoms with Crippen molar-refractivity contribution >= 4 is 11.1 Å². The van der Waals surface area contributed by atoms with Crippen molar-refractivity contribution in [2.24, 2.45) is 5.73 Å². The van der Waals surface area contributed by atoms with Crippen LogP contribution in [0.15, 0.2) is 22.6 Å². The zero-order valence-corrected chi connectivity index (χ0v) is 9.86. The number of hydrogen-bond donors (Lipinski definition) is 1. The van der Waals surface area contributed by atoms with E-state index < -0.39 is 0 Å². The maximum atomic E-state index is 5.79. The molecule has 0 radical (unpaired) electrons. The third-order valence-electron chi connectivity index (χ3n) is 3.04. The van der Waals surface area contributed by atoms with Crippen molar-refractivity contribution in [3.63, 3.8) is 0 Å². The molecule has 0 aliphatic carbocycles. The van der Waals surface area contributed by atoms with Gasteiger partial charge in [0, 0.05) is 12.5 Å². The fraction of sp³-hybridized carbons (Fsp3) is 0.462. The molecule has 86 valence electrons. The smallest absolute Gasteiger partial charge is 0.198 e. The molecule has 2 N–H and O–H groups in total. The van der Waals surface area contributed by atoms with Gasteiger partial charge in [-0.15, -0.1) is 0 Å². The van der Waals surface area contributed by atoms with Crippen LogP contribution in [-0.2, 0) is 6.54 Å². The number of aromatic nitrogens is 1. The number of nitrogens with zero attached hydrogens (tertiary/aromatic N) is 1. The fourth-order valence-electron chi connectivity index (χ4n) is 1.93. The molecule has 0 bridgehead atoms. The van der Waals surface area contributed by atoms with Crippen LogP contribution in [-0.4, -0.2) is 4.98 Å². The highest BCUT2D eigenvalue weighted by molar-refractivity contribution is 5.73.